The van der Waals surface area contributed by atoms with Crippen LogP contribution in [0.3, 0.4) is 0 Å². The standard InChI is InChI=1S/C30H27N5O/c1-3-34-22(2)32-28-20-24(16-19-29(28)34)30(36)33-31-21-23-14-17-27(18-15-23)35(25-10-6-4-7-11-25)26-12-8-5-9-13-26/h4-21H,3H2,1-2H3,(H,33,36)/b31-21+. The van der Waals surface area contributed by atoms with E-state index in [2.05, 4.69) is 56.2 Å². The zero-order chi connectivity index (χ0) is 24.9. The summed E-state index contributed by atoms with van der Waals surface area (Å²) in [6, 6.07) is 34.1. The fourth-order valence-corrected chi connectivity index (χ4v) is 4.33. The maximum atomic E-state index is 12.6. The fraction of sp³-hybridized carbons (Fsp3) is 0.100. The van der Waals surface area contributed by atoms with Crippen LogP contribution in [0.5, 0.6) is 0 Å². The van der Waals surface area contributed by atoms with E-state index in [0.717, 1.165) is 46.0 Å². The summed E-state index contributed by atoms with van der Waals surface area (Å²) in [5, 5.41) is 4.16. The smallest absolute Gasteiger partial charge is 0.271 e. The van der Waals surface area contributed by atoms with E-state index in [1.807, 2.05) is 73.7 Å². The summed E-state index contributed by atoms with van der Waals surface area (Å²) in [5.41, 5.74) is 9.05. The maximum Gasteiger partial charge on any atom is 0.271 e. The molecular weight excluding hydrogens is 446 g/mol. The third-order valence-electron chi connectivity index (χ3n) is 6.08. The highest BCUT2D eigenvalue weighted by Crippen LogP contribution is 2.33. The van der Waals surface area contributed by atoms with E-state index in [0.29, 0.717) is 5.56 Å². The van der Waals surface area contributed by atoms with Gasteiger partial charge in [0.05, 0.1) is 17.2 Å². The first-order valence-corrected chi connectivity index (χ1v) is 11.9. The second-order valence-corrected chi connectivity index (χ2v) is 8.40. The van der Waals surface area contributed by atoms with Crippen LogP contribution in [0.15, 0.2) is 108 Å². The first-order chi connectivity index (χ1) is 17.6. The van der Waals surface area contributed by atoms with E-state index in [1.54, 1.807) is 18.3 Å². The van der Waals surface area contributed by atoms with Gasteiger partial charge in [-0.15, -0.1) is 0 Å². The molecule has 0 bridgehead atoms. The van der Waals surface area contributed by atoms with Crippen molar-refractivity contribution in [2.24, 2.45) is 5.10 Å². The van der Waals surface area contributed by atoms with Crippen molar-refractivity contribution in [3.8, 4) is 0 Å². The number of hydrogen-bond acceptors (Lipinski definition) is 4. The van der Waals surface area contributed by atoms with Crippen molar-refractivity contribution >= 4 is 40.2 Å². The number of carbonyl (C=O) groups excluding carboxylic acids is 1. The number of imidazole rings is 1. The van der Waals surface area contributed by atoms with Crippen molar-refractivity contribution < 1.29 is 4.79 Å². The molecule has 0 atom stereocenters. The summed E-state index contributed by atoms with van der Waals surface area (Å²) in [6.45, 7) is 4.89. The summed E-state index contributed by atoms with van der Waals surface area (Å²) in [7, 11) is 0. The van der Waals surface area contributed by atoms with E-state index in [-0.39, 0.29) is 5.91 Å². The van der Waals surface area contributed by atoms with Crippen LogP contribution in [-0.2, 0) is 6.54 Å². The zero-order valence-electron chi connectivity index (χ0n) is 20.3. The zero-order valence-corrected chi connectivity index (χ0v) is 20.3. The van der Waals surface area contributed by atoms with E-state index in [4.69, 9.17) is 0 Å². The topological polar surface area (TPSA) is 62.5 Å². The second-order valence-electron chi connectivity index (χ2n) is 8.40. The average molecular weight is 474 g/mol. The van der Waals surface area contributed by atoms with E-state index in [1.165, 1.54) is 0 Å². The molecule has 0 saturated carbocycles. The first kappa shape index (κ1) is 23.1. The Morgan fingerprint density at radius 1 is 0.889 bits per heavy atom. The van der Waals surface area contributed by atoms with Crippen LogP contribution in [-0.4, -0.2) is 21.7 Å². The molecule has 1 amide bonds. The third kappa shape index (κ3) is 4.74. The molecule has 5 aromatic rings. The first-order valence-electron chi connectivity index (χ1n) is 11.9. The summed E-state index contributed by atoms with van der Waals surface area (Å²) in [6.07, 6.45) is 1.64. The Bertz CT molecular complexity index is 1470. The SMILES string of the molecule is CCn1c(C)nc2cc(C(=O)N/N=C/c3ccc(N(c4ccccc4)c4ccccc4)cc3)ccc21. The summed E-state index contributed by atoms with van der Waals surface area (Å²) >= 11 is 0. The quantitative estimate of drug-likeness (QED) is 0.214. The van der Waals surface area contributed by atoms with Gasteiger partial charge in [0.2, 0.25) is 0 Å². The highest BCUT2D eigenvalue weighted by molar-refractivity contribution is 5.98. The number of nitrogens with one attached hydrogen (secondary N) is 1. The van der Waals surface area contributed by atoms with Gasteiger partial charge >= 0.3 is 0 Å². The number of anilines is 3. The lowest BCUT2D eigenvalue weighted by Crippen LogP contribution is -2.17. The number of hydrazone groups is 1. The van der Waals surface area contributed by atoms with Crippen molar-refractivity contribution in [1.82, 2.24) is 15.0 Å². The Morgan fingerprint density at radius 2 is 1.50 bits per heavy atom. The summed E-state index contributed by atoms with van der Waals surface area (Å²) in [4.78, 5) is 19.4. The molecule has 178 valence electrons. The van der Waals surface area contributed by atoms with Gasteiger partial charge in [0.15, 0.2) is 0 Å². The van der Waals surface area contributed by atoms with Crippen molar-refractivity contribution in [1.29, 1.82) is 0 Å². The summed E-state index contributed by atoms with van der Waals surface area (Å²) in [5.74, 6) is 0.664. The third-order valence-corrected chi connectivity index (χ3v) is 6.08. The molecule has 0 aliphatic heterocycles. The van der Waals surface area contributed by atoms with Crippen LogP contribution in [0.2, 0.25) is 0 Å². The number of carbonyl (C=O) groups is 1. The van der Waals surface area contributed by atoms with Crippen LogP contribution >= 0.6 is 0 Å². The Hall–Kier alpha value is -4.71. The summed E-state index contributed by atoms with van der Waals surface area (Å²) < 4.78 is 2.12. The lowest BCUT2D eigenvalue weighted by Gasteiger charge is -2.25. The monoisotopic (exact) mass is 473 g/mol. The average Bonchev–Trinajstić information content (AvgIpc) is 3.25. The fourth-order valence-electron chi connectivity index (χ4n) is 4.33. The Kier molecular flexibility index (Phi) is 6.58. The molecule has 0 radical (unpaired) electrons. The van der Waals surface area contributed by atoms with Crippen LogP contribution in [0.1, 0.15) is 28.7 Å². The molecule has 0 aliphatic rings. The molecule has 6 nitrogen and oxygen atoms in total. The van der Waals surface area contributed by atoms with Gasteiger partial charge in [-0.05, 0) is 74.0 Å². The Balaban J connectivity index is 1.30. The Morgan fingerprint density at radius 3 is 2.11 bits per heavy atom. The molecule has 36 heavy (non-hydrogen) atoms. The normalized spacial score (nSPS) is 11.2. The molecule has 0 saturated heterocycles. The molecule has 0 spiro atoms. The number of para-hydroxylation sites is 2. The number of amides is 1. The highest BCUT2D eigenvalue weighted by Gasteiger charge is 2.12. The minimum Gasteiger partial charge on any atom is -0.329 e. The van der Waals surface area contributed by atoms with Crippen LogP contribution in [0, 0.1) is 6.92 Å². The van der Waals surface area contributed by atoms with Gasteiger partial charge < -0.3 is 9.47 Å². The molecule has 1 aromatic heterocycles. The van der Waals surface area contributed by atoms with E-state index < -0.39 is 0 Å². The van der Waals surface area contributed by atoms with Gasteiger partial charge in [0, 0.05) is 29.2 Å². The van der Waals surface area contributed by atoms with E-state index >= 15 is 0 Å². The Labute approximate surface area is 210 Å². The van der Waals surface area contributed by atoms with Crippen molar-refractivity contribution in [3.63, 3.8) is 0 Å². The molecule has 5 rings (SSSR count). The maximum absolute atomic E-state index is 12.6. The van der Waals surface area contributed by atoms with Gasteiger partial charge in [0.25, 0.3) is 5.91 Å². The number of nitrogens with zero attached hydrogens (tertiary/aromatic N) is 4. The molecule has 0 unspecified atom stereocenters. The van der Waals surface area contributed by atoms with Gasteiger partial charge in [-0.2, -0.15) is 5.10 Å². The number of benzene rings is 4. The minimum atomic E-state index is -0.271. The van der Waals surface area contributed by atoms with E-state index in [9.17, 15) is 4.79 Å². The predicted molar refractivity (Wildman–Crippen MR) is 146 cm³/mol. The van der Waals surface area contributed by atoms with Crippen LogP contribution in [0.25, 0.3) is 11.0 Å². The molecule has 1 N–H and O–H groups in total. The van der Waals surface area contributed by atoms with Gasteiger partial charge in [-0.25, -0.2) is 10.4 Å². The van der Waals surface area contributed by atoms with Crippen LogP contribution < -0.4 is 10.3 Å². The van der Waals surface area contributed by atoms with Crippen LogP contribution in [0.4, 0.5) is 17.1 Å². The predicted octanol–water partition coefficient (Wildman–Crippen LogP) is 6.60. The molecular formula is C30H27N5O. The number of rotatable bonds is 7. The molecule has 1 heterocycles. The number of aryl methyl sites for hydroxylation is 2. The molecule has 0 fully saturated rings. The van der Waals surface area contributed by atoms with Gasteiger partial charge in [-0.1, -0.05) is 48.5 Å². The molecule has 4 aromatic carbocycles. The number of hydrogen-bond donors (Lipinski definition) is 1. The van der Waals surface area contributed by atoms with Crippen molar-refractivity contribution in [2.45, 2.75) is 20.4 Å². The largest absolute Gasteiger partial charge is 0.329 e. The second kappa shape index (κ2) is 10.3. The van der Waals surface area contributed by atoms with Gasteiger partial charge in [0.1, 0.15) is 5.82 Å². The molecule has 6 heteroatoms. The lowest BCUT2D eigenvalue weighted by molar-refractivity contribution is 0.0955. The molecule has 0 aliphatic carbocycles. The van der Waals surface area contributed by atoms with Gasteiger partial charge in [-0.3, -0.25) is 4.79 Å². The lowest BCUT2D eigenvalue weighted by atomic mass is 10.1. The van der Waals surface area contributed by atoms with Crippen molar-refractivity contribution in [3.05, 3.63) is 120 Å². The number of fused-ring (bicyclic) bond motifs is 1. The number of aromatic nitrogens is 2. The highest BCUT2D eigenvalue weighted by atomic mass is 16.2. The minimum absolute atomic E-state index is 0.271. The van der Waals surface area contributed by atoms with Crippen molar-refractivity contribution in [2.75, 3.05) is 4.90 Å².